The van der Waals surface area contributed by atoms with Crippen molar-refractivity contribution < 1.29 is 9.59 Å². The van der Waals surface area contributed by atoms with Crippen molar-refractivity contribution in [1.29, 1.82) is 0 Å². The minimum absolute atomic E-state index is 0.0304. The van der Waals surface area contributed by atoms with Crippen molar-refractivity contribution in [3.05, 3.63) is 72.2 Å². The molecule has 26 heavy (non-hydrogen) atoms. The Kier molecular flexibility index (Phi) is 4.16. The second-order valence-corrected chi connectivity index (χ2v) is 6.58. The number of carbonyl (C=O) groups excluding carboxylic acids is 2. The normalized spacial score (nSPS) is 18.0. The molecule has 1 aliphatic heterocycles. The van der Waals surface area contributed by atoms with Gasteiger partial charge in [0.25, 0.3) is 0 Å². The highest BCUT2D eigenvalue weighted by molar-refractivity contribution is 5.94. The molecule has 1 saturated heterocycles. The van der Waals surface area contributed by atoms with Crippen LogP contribution in [0.1, 0.15) is 18.2 Å². The van der Waals surface area contributed by atoms with Crippen LogP contribution in [0.15, 0.2) is 60.9 Å². The average Bonchev–Trinajstić information content (AvgIpc) is 3.06. The van der Waals surface area contributed by atoms with E-state index in [1.165, 1.54) is 0 Å². The molecule has 4 rings (SSSR count). The zero-order valence-corrected chi connectivity index (χ0v) is 14.6. The van der Waals surface area contributed by atoms with Crippen molar-refractivity contribution >= 4 is 17.5 Å². The van der Waals surface area contributed by atoms with E-state index in [9.17, 15) is 9.59 Å². The largest absolute Gasteiger partial charge is 0.327 e. The van der Waals surface area contributed by atoms with E-state index < -0.39 is 6.04 Å². The molecule has 0 N–H and O–H groups in total. The molecule has 6 heteroatoms. The summed E-state index contributed by atoms with van der Waals surface area (Å²) in [5.74, 6) is -0.0812. The fourth-order valence-electron chi connectivity index (χ4n) is 3.35. The van der Waals surface area contributed by atoms with E-state index in [4.69, 9.17) is 0 Å². The number of rotatable bonds is 4. The third kappa shape index (κ3) is 3.06. The van der Waals surface area contributed by atoms with Gasteiger partial charge in [0.1, 0.15) is 18.2 Å². The fraction of sp³-hybridized carbons (Fsp3) is 0.250. The predicted octanol–water partition coefficient (Wildman–Crippen LogP) is 2.09. The Balaban J connectivity index is 1.50. The van der Waals surface area contributed by atoms with E-state index in [1.54, 1.807) is 16.7 Å². The molecule has 1 atom stereocenters. The van der Waals surface area contributed by atoms with Crippen molar-refractivity contribution in [3.63, 3.8) is 0 Å². The number of imidazole rings is 1. The summed E-state index contributed by atoms with van der Waals surface area (Å²) < 4.78 is 1.91. The molecule has 1 aliphatic rings. The number of hydrogen-bond acceptors (Lipinski definition) is 3. The molecular weight excluding hydrogens is 328 g/mol. The smallest absolute Gasteiger partial charge is 0.245 e. The number of carbonyl (C=O) groups is 2. The molecule has 0 aliphatic carbocycles. The SMILES string of the molecule is C[C@@H]1C(=O)N(Cc2ccccc2)CC(=O)N1Cc1cn2ccccc2n1. The highest BCUT2D eigenvalue weighted by Crippen LogP contribution is 2.18. The first-order chi connectivity index (χ1) is 12.6. The number of fused-ring (bicyclic) bond motifs is 1. The van der Waals surface area contributed by atoms with Crippen LogP contribution in [0.3, 0.4) is 0 Å². The summed E-state index contributed by atoms with van der Waals surface area (Å²) >= 11 is 0. The molecule has 2 amide bonds. The molecule has 1 fully saturated rings. The zero-order valence-electron chi connectivity index (χ0n) is 14.6. The van der Waals surface area contributed by atoms with Gasteiger partial charge in [0.05, 0.1) is 12.2 Å². The number of hydrogen-bond donors (Lipinski definition) is 0. The van der Waals surface area contributed by atoms with Gasteiger partial charge in [-0.15, -0.1) is 0 Å². The van der Waals surface area contributed by atoms with Crippen molar-refractivity contribution in [2.45, 2.75) is 26.1 Å². The average molecular weight is 348 g/mol. The molecule has 6 nitrogen and oxygen atoms in total. The highest BCUT2D eigenvalue weighted by Gasteiger charge is 2.36. The van der Waals surface area contributed by atoms with Crippen molar-refractivity contribution in [1.82, 2.24) is 19.2 Å². The molecule has 0 bridgehead atoms. The first-order valence-corrected chi connectivity index (χ1v) is 8.66. The Labute approximate surface area is 151 Å². The number of amides is 2. The lowest BCUT2D eigenvalue weighted by Crippen LogP contribution is -2.58. The number of aromatic nitrogens is 2. The van der Waals surface area contributed by atoms with Crippen LogP contribution in [-0.2, 0) is 22.7 Å². The summed E-state index contributed by atoms with van der Waals surface area (Å²) in [6.07, 6.45) is 3.82. The van der Waals surface area contributed by atoms with Crippen LogP contribution in [0, 0.1) is 0 Å². The van der Waals surface area contributed by atoms with Crippen LogP contribution in [0.2, 0.25) is 0 Å². The quantitative estimate of drug-likeness (QED) is 0.725. The second kappa shape index (κ2) is 6.63. The molecule has 2 aromatic heterocycles. The van der Waals surface area contributed by atoms with Gasteiger partial charge in [-0.05, 0) is 24.6 Å². The fourth-order valence-corrected chi connectivity index (χ4v) is 3.35. The first-order valence-electron chi connectivity index (χ1n) is 8.66. The molecule has 3 aromatic rings. The molecule has 132 valence electrons. The van der Waals surface area contributed by atoms with Gasteiger partial charge in [-0.1, -0.05) is 36.4 Å². The molecular formula is C20H20N4O2. The predicted molar refractivity (Wildman–Crippen MR) is 97.1 cm³/mol. The number of benzene rings is 1. The van der Waals surface area contributed by atoms with Crippen molar-refractivity contribution in [2.75, 3.05) is 6.54 Å². The Bertz CT molecular complexity index is 918. The van der Waals surface area contributed by atoms with Crippen molar-refractivity contribution in [2.24, 2.45) is 0 Å². The molecule has 0 unspecified atom stereocenters. The van der Waals surface area contributed by atoms with Gasteiger partial charge in [0, 0.05) is 18.9 Å². The zero-order chi connectivity index (χ0) is 18.1. The Morgan fingerprint density at radius 3 is 2.58 bits per heavy atom. The lowest BCUT2D eigenvalue weighted by Gasteiger charge is -2.38. The summed E-state index contributed by atoms with van der Waals surface area (Å²) in [5.41, 5.74) is 2.63. The van der Waals surface area contributed by atoms with Crippen LogP contribution in [-0.4, -0.2) is 43.6 Å². The van der Waals surface area contributed by atoms with E-state index in [0.29, 0.717) is 13.1 Å². The summed E-state index contributed by atoms with van der Waals surface area (Å²) in [7, 11) is 0. The summed E-state index contributed by atoms with van der Waals surface area (Å²) in [6.45, 7) is 2.68. The molecule has 3 heterocycles. The maximum Gasteiger partial charge on any atom is 0.245 e. The topological polar surface area (TPSA) is 57.9 Å². The van der Waals surface area contributed by atoms with Gasteiger partial charge in [0.15, 0.2) is 0 Å². The van der Waals surface area contributed by atoms with Gasteiger partial charge in [-0.2, -0.15) is 0 Å². The minimum Gasteiger partial charge on any atom is -0.327 e. The molecule has 0 saturated carbocycles. The van der Waals surface area contributed by atoms with Gasteiger partial charge in [-0.3, -0.25) is 9.59 Å². The van der Waals surface area contributed by atoms with Gasteiger partial charge in [-0.25, -0.2) is 4.98 Å². The highest BCUT2D eigenvalue weighted by atomic mass is 16.2. The third-order valence-electron chi connectivity index (χ3n) is 4.75. The molecule has 0 spiro atoms. The van der Waals surface area contributed by atoms with E-state index in [-0.39, 0.29) is 18.4 Å². The number of piperazine rings is 1. The minimum atomic E-state index is -0.496. The maximum absolute atomic E-state index is 12.8. The standard InChI is InChI=1S/C20H20N4O2/c1-15-20(26)23(11-16-7-3-2-4-8-16)14-19(25)24(15)13-17-12-22-10-6-5-9-18(22)21-17/h2-10,12,15H,11,13-14H2,1H3/t15-/m1/s1. The number of nitrogens with zero attached hydrogens (tertiary/aromatic N) is 4. The number of pyridine rings is 1. The van der Waals surface area contributed by atoms with Crippen LogP contribution in [0.5, 0.6) is 0 Å². The van der Waals surface area contributed by atoms with E-state index in [1.807, 2.05) is 65.3 Å². The Morgan fingerprint density at radius 2 is 1.81 bits per heavy atom. The van der Waals surface area contributed by atoms with Crippen LogP contribution < -0.4 is 0 Å². The van der Waals surface area contributed by atoms with Crippen LogP contribution >= 0.6 is 0 Å². The van der Waals surface area contributed by atoms with Gasteiger partial charge < -0.3 is 14.2 Å². The Hall–Kier alpha value is -3.15. The maximum atomic E-state index is 12.8. The van der Waals surface area contributed by atoms with Gasteiger partial charge in [0.2, 0.25) is 11.8 Å². The van der Waals surface area contributed by atoms with E-state index in [0.717, 1.165) is 16.9 Å². The second-order valence-electron chi connectivity index (χ2n) is 6.58. The van der Waals surface area contributed by atoms with E-state index >= 15 is 0 Å². The summed E-state index contributed by atoms with van der Waals surface area (Å²) in [6, 6.07) is 15.0. The van der Waals surface area contributed by atoms with Crippen molar-refractivity contribution in [3.8, 4) is 0 Å². The van der Waals surface area contributed by atoms with Crippen LogP contribution in [0.25, 0.3) is 5.65 Å². The third-order valence-corrected chi connectivity index (χ3v) is 4.75. The molecule has 1 aromatic carbocycles. The Morgan fingerprint density at radius 1 is 1.04 bits per heavy atom. The van der Waals surface area contributed by atoms with E-state index in [2.05, 4.69) is 4.98 Å². The lowest BCUT2D eigenvalue weighted by molar-refractivity contribution is -0.156. The summed E-state index contributed by atoms with van der Waals surface area (Å²) in [4.78, 5) is 33.2. The summed E-state index contributed by atoms with van der Waals surface area (Å²) in [5, 5.41) is 0. The van der Waals surface area contributed by atoms with Crippen LogP contribution in [0.4, 0.5) is 0 Å². The molecule has 0 radical (unpaired) electrons. The monoisotopic (exact) mass is 348 g/mol. The van der Waals surface area contributed by atoms with Gasteiger partial charge >= 0.3 is 0 Å². The lowest BCUT2D eigenvalue weighted by atomic mass is 10.1. The first kappa shape index (κ1) is 16.3.